The fraction of sp³-hybridized carbons (Fsp3) is 0.417. The van der Waals surface area contributed by atoms with Crippen molar-refractivity contribution in [2.75, 3.05) is 17.7 Å². The Labute approximate surface area is 214 Å². The Morgan fingerprint density at radius 3 is 2.69 bits per heavy atom. The predicted octanol–water partition coefficient (Wildman–Crippen LogP) is 7.37. The molecular weight excluding hydrogens is 510 g/mol. The zero-order valence-corrected chi connectivity index (χ0v) is 22.8. The third-order valence-corrected chi connectivity index (χ3v) is 8.38. The first-order valence-electron chi connectivity index (χ1n) is 11.5. The molecule has 1 aliphatic heterocycles. The van der Waals surface area contributed by atoms with Gasteiger partial charge in [0.05, 0.1) is 16.5 Å². The lowest BCUT2D eigenvalue weighted by molar-refractivity contribution is 0.0899. The summed E-state index contributed by atoms with van der Waals surface area (Å²) >= 11 is 7.98. The van der Waals surface area contributed by atoms with Crippen molar-refractivity contribution in [2.45, 2.75) is 51.8 Å². The van der Waals surface area contributed by atoms with Gasteiger partial charge in [0.15, 0.2) is 22.6 Å². The number of pyridine rings is 1. The van der Waals surface area contributed by atoms with Crippen LogP contribution in [0.5, 0.6) is 11.5 Å². The number of hydrogen-bond donors (Lipinski definition) is 1. The molecule has 0 saturated carbocycles. The van der Waals surface area contributed by atoms with E-state index in [9.17, 15) is 8.78 Å². The number of nitrogens with zero attached hydrogens (tertiary/aromatic N) is 3. The quantitative estimate of drug-likeness (QED) is 0.240. The summed E-state index contributed by atoms with van der Waals surface area (Å²) in [5.74, 6) is -1.07. The van der Waals surface area contributed by atoms with Gasteiger partial charge in [-0.2, -0.15) is 0 Å². The summed E-state index contributed by atoms with van der Waals surface area (Å²) in [5, 5.41) is 4.46. The van der Waals surface area contributed by atoms with Gasteiger partial charge >= 0.3 is 0 Å². The second kappa shape index (κ2) is 10.9. The predicted molar refractivity (Wildman–Crippen MR) is 143 cm³/mol. The van der Waals surface area contributed by atoms with Gasteiger partial charge in [-0.1, -0.05) is 43.0 Å². The molecule has 0 fully saturated rings. The Bertz CT molecular complexity index is 1230. The van der Waals surface area contributed by atoms with Crippen LogP contribution in [0.15, 0.2) is 35.6 Å². The van der Waals surface area contributed by atoms with E-state index >= 15 is 0 Å². The zero-order chi connectivity index (χ0) is 25.2. The molecule has 0 radical (unpaired) electrons. The summed E-state index contributed by atoms with van der Waals surface area (Å²) in [5.41, 5.74) is 0.785. The van der Waals surface area contributed by atoms with E-state index < -0.39 is 25.5 Å². The van der Waals surface area contributed by atoms with Crippen LogP contribution in [0.1, 0.15) is 13.3 Å². The van der Waals surface area contributed by atoms with E-state index in [4.69, 9.17) is 21.1 Å². The van der Waals surface area contributed by atoms with Gasteiger partial charge in [-0.3, -0.25) is 4.99 Å². The SMILES string of the molecule is C[C@@H]1CCSC(Nc2cc(F)c(Oc3ccnc4c3c(Cl)cn4COCC[Si](C)(C)C)c(F)c2)=N1. The zero-order valence-electron chi connectivity index (χ0n) is 20.2. The number of anilines is 1. The minimum atomic E-state index is -1.21. The maximum atomic E-state index is 14.9. The smallest absolute Gasteiger partial charge is 0.198 e. The molecular formula is C24H29ClF2N4O2SSi. The summed E-state index contributed by atoms with van der Waals surface area (Å²) in [6.45, 7) is 9.78. The fourth-order valence-electron chi connectivity index (χ4n) is 3.52. The molecule has 1 aliphatic rings. The molecule has 0 spiro atoms. The van der Waals surface area contributed by atoms with Crippen molar-refractivity contribution in [1.29, 1.82) is 0 Å². The maximum absolute atomic E-state index is 14.9. The molecule has 1 N–H and O–H groups in total. The lowest BCUT2D eigenvalue weighted by Crippen LogP contribution is -2.22. The number of aromatic nitrogens is 2. The second-order valence-corrected chi connectivity index (χ2v) is 16.8. The summed E-state index contributed by atoms with van der Waals surface area (Å²) in [6, 6.07) is 5.13. The molecule has 3 aromatic rings. The number of ether oxygens (including phenoxy) is 2. The van der Waals surface area contributed by atoms with Crippen LogP contribution in [0, 0.1) is 11.6 Å². The number of rotatable bonds is 8. The van der Waals surface area contributed by atoms with Gasteiger partial charge in [-0.15, -0.1) is 0 Å². The van der Waals surface area contributed by atoms with Crippen molar-refractivity contribution < 1.29 is 18.3 Å². The van der Waals surface area contributed by atoms with Crippen molar-refractivity contribution in [3.63, 3.8) is 0 Å². The van der Waals surface area contributed by atoms with Crippen molar-refractivity contribution in [3.8, 4) is 11.5 Å². The Morgan fingerprint density at radius 1 is 1.26 bits per heavy atom. The molecule has 188 valence electrons. The van der Waals surface area contributed by atoms with Crippen LogP contribution in [0.2, 0.25) is 30.7 Å². The molecule has 0 saturated heterocycles. The lowest BCUT2D eigenvalue weighted by atomic mass is 10.2. The topological polar surface area (TPSA) is 60.7 Å². The highest BCUT2D eigenvalue weighted by Gasteiger charge is 2.20. The first-order chi connectivity index (χ1) is 16.6. The van der Waals surface area contributed by atoms with Gasteiger partial charge in [0.2, 0.25) is 0 Å². The third kappa shape index (κ3) is 6.55. The summed E-state index contributed by atoms with van der Waals surface area (Å²) in [4.78, 5) is 8.85. The highest BCUT2D eigenvalue weighted by molar-refractivity contribution is 8.14. The molecule has 0 unspecified atom stereocenters. The van der Waals surface area contributed by atoms with Gasteiger partial charge in [-0.05, 0) is 25.5 Å². The van der Waals surface area contributed by atoms with E-state index in [1.165, 1.54) is 36.2 Å². The van der Waals surface area contributed by atoms with Gasteiger partial charge in [-0.25, -0.2) is 13.8 Å². The highest BCUT2D eigenvalue weighted by Crippen LogP contribution is 2.38. The van der Waals surface area contributed by atoms with E-state index in [0.717, 1.165) is 18.2 Å². The van der Waals surface area contributed by atoms with Crippen molar-refractivity contribution in [1.82, 2.24) is 9.55 Å². The van der Waals surface area contributed by atoms with Crippen molar-refractivity contribution >= 4 is 53.3 Å². The molecule has 0 bridgehead atoms. The monoisotopic (exact) mass is 538 g/mol. The first-order valence-corrected chi connectivity index (χ1v) is 16.5. The third-order valence-electron chi connectivity index (χ3n) is 5.47. The molecule has 3 heterocycles. The van der Waals surface area contributed by atoms with Crippen LogP contribution in [0.3, 0.4) is 0 Å². The molecule has 6 nitrogen and oxygen atoms in total. The summed E-state index contributed by atoms with van der Waals surface area (Å²) < 4.78 is 43.1. The lowest BCUT2D eigenvalue weighted by Gasteiger charge is -2.18. The Morgan fingerprint density at radius 2 is 2.00 bits per heavy atom. The molecule has 35 heavy (non-hydrogen) atoms. The number of nitrogens with one attached hydrogen (secondary N) is 1. The minimum Gasteiger partial charge on any atom is -0.450 e. The molecule has 1 aromatic carbocycles. The largest absolute Gasteiger partial charge is 0.450 e. The number of hydrogen-bond acceptors (Lipinski definition) is 6. The van der Waals surface area contributed by atoms with E-state index in [-0.39, 0.29) is 24.2 Å². The first kappa shape index (κ1) is 25.9. The number of aliphatic imine (C=N–C) groups is 1. The number of benzene rings is 1. The van der Waals surface area contributed by atoms with Crippen molar-refractivity contribution in [3.05, 3.63) is 47.2 Å². The molecule has 4 rings (SSSR count). The van der Waals surface area contributed by atoms with Crippen LogP contribution >= 0.6 is 23.4 Å². The maximum Gasteiger partial charge on any atom is 0.198 e. The number of halogens is 3. The Hall–Kier alpha value is -2.14. The molecule has 0 aliphatic carbocycles. The molecule has 1 atom stereocenters. The van der Waals surface area contributed by atoms with Gasteiger partial charge in [0.25, 0.3) is 0 Å². The van der Waals surface area contributed by atoms with E-state index in [0.29, 0.717) is 27.8 Å². The van der Waals surface area contributed by atoms with Crippen LogP contribution in [0.25, 0.3) is 11.0 Å². The van der Waals surface area contributed by atoms with Crippen molar-refractivity contribution in [2.24, 2.45) is 4.99 Å². The van der Waals surface area contributed by atoms with Crippen LogP contribution < -0.4 is 10.1 Å². The average molecular weight is 539 g/mol. The molecule has 0 amide bonds. The van der Waals surface area contributed by atoms with Crippen LogP contribution in [-0.4, -0.2) is 41.2 Å². The van der Waals surface area contributed by atoms with E-state index in [1.807, 2.05) is 6.92 Å². The fourth-order valence-corrected chi connectivity index (χ4v) is 5.67. The van der Waals surface area contributed by atoms with Crippen LogP contribution in [-0.2, 0) is 11.5 Å². The Kier molecular flexibility index (Phi) is 8.04. The molecule has 11 heteroatoms. The number of thioether (sulfide) groups is 1. The average Bonchev–Trinajstić information content (AvgIpc) is 3.09. The highest BCUT2D eigenvalue weighted by atomic mass is 35.5. The summed E-state index contributed by atoms with van der Waals surface area (Å²) in [7, 11) is -1.21. The van der Waals surface area contributed by atoms with Crippen LogP contribution in [0.4, 0.5) is 14.5 Å². The van der Waals surface area contributed by atoms with Gasteiger partial charge in [0.1, 0.15) is 18.1 Å². The van der Waals surface area contributed by atoms with Gasteiger partial charge < -0.3 is 19.4 Å². The summed E-state index contributed by atoms with van der Waals surface area (Å²) in [6.07, 6.45) is 4.17. The standard InChI is InChI=1S/C24H29ClF2N4O2SSi/c1-15-6-9-34-24(29-15)30-16-11-18(26)22(19(27)12-16)33-20-5-7-28-23-21(20)17(25)13-31(23)14-32-8-10-35(2,3)4/h5,7,11-13,15H,6,8-10,14H2,1-4H3,(H,29,30)/t15-/m1/s1. The Balaban J connectivity index is 1.54. The number of amidine groups is 1. The van der Waals surface area contributed by atoms with E-state index in [1.54, 1.807) is 10.8 Å². The van der Waals surface area contributed by atoms with E-state index in [2.05, 4.69) is 34.9 Å². The second-order valence-electron chi connectivity index (χ2n) is 9.72. The normalized spacial score (nSPS) is 16.4. The molecule has 2 aromatic heterocycles. The minimum absolute atomic E-state index is 0.174. The van der Waals surface area contributed by atoms with Gasteiger partial charge in [0, 0.05) is 50.6 Å². The number of fused-ring (bicyclic) bond motifs is 1.